The van der Waals surface area contributed by atoms with Crippen molar-refractivity contribution in [3.8, 4) is 11.8 Å². The molecule has 1 saturated carbocycles. The number of rotatable bonds is 4. The fourth-order valence-electron chi connectivity index (χ4n) is 6.36. The Bertz CT molecular complexity index is 1030. The smallest absolute Gasteiger partial charge is 0.403 e. The van der Waals surface area contributed by atoms with Crippen LogP contribution < -0.4 is 63.6 Å². The molecule has 0 amide bonds. The maximum Gasteiger partial charge on any atom is 1.00 e. The van der Waals surface area contributed by atoms with Crippen molar-refractivity contribution >= 4 is 7.82 Å². The topological polar surface area (TPSA) is 118 Å². The standard InChI is InChI=1S/C22H26NO7P.2Na/c1-27-22(17-10-9-15(13-23)20(12-17)28-31(24,25)26)21(29-30-22)16-6-4-8-19(21)18-7-3-2-5-14(18)11-16;;/h9-10,12,16,19H,2-8,11H2,1H3,(H2,24,25,26);;/q;2*+1. The van der Waals surface area contributed by atoms with E-state index in [-0.39, 0.29) is 82.3 Å². The molecule has 166 valence electrons. The van der Waals surface area contributed by atoms with Gasteiger partial charge in [-0.05, 0) is 57.1 Å². The van der Waals surface area contributed by atoms with E-state index in [0.29, 0.717) is 5.56 Å². The summed E-state index contributed by atoms with van der Waals surface area (Å²) in [6, 6.07) is 6.51. The van der Waals surface area contributed by atoms with E-state index >= 15 is 0 Å². The zero-order valence-electron chi connectivity index (χ0n) is 19.4. The molecule has 1 heterocycles. The van der Waals surface area contributed by atoms with Crippen molar-refractivity contribution in [3.63, 3.8) is 0 Å². The van der Waals surface area contributed by atoms with E-state index < -0.39 is 19.2 Å². The van der Waals surface area contributed by atoms with Crippen LogP contribution in [0.15, 0.2) is 29.3 Å². The van der Waals surface area contributed by atoms with Gasteiger partial charge >= 0.3 is 66.9 Å². The van der Waals surface area contributed by atoms with Gasteiger partial charge in [-0.1, -0.05) is 23.6 Å². The minimum absolute atomic E-state index is 0. The molecule has 11 heteroatoms. The number of methoxy groups -OCH3 is 1. The average Bonchev–Trinajstić information content (AvgIpc) is 2.72. The third-order valence-electron chi connectivity index (χ3n) is 7.51. The van der Waals surface area contributed by atoms with Crippen LogP contribution in [0.3, 0.4) is 0 Å². The monoisotopic (exact) mass is 493 g/mol. The van der Waals surface area contributed by atoms with Gasteiger partial charge in [-0.25, -0.2) is 9.45 Å². The Morgan fingerprint density at radius 1 is 1.15 bits per heavy atom. The number of allylic oxidation sites excluding steroid dienone is 1. The molecule has 2 bridgehead atoms. The molecular weight excluding hydrogens is 467 g/mol. The normalized spacial score (nSPS) is 32.5. The molecule has 2 N–H and O–H groups in total. The van der Waals surface area contributed by atoms with Gasteiger partial charge in [-0.3, -0.25) is 9.79 Å². The zero-order valence-corrected chi connectivity index (χ0v) is 24.3. The van der Waals surface area contributed by atoms with Crippen molar-refractivity contribution in [3.05, 3.63) is 40.5 Å². The average molecular weight is 493 g/mol. The van der Waals surface area contributed by atoms with Gasteiger partial charge in [0.25, 0.3) is 5.79 Å². The molecular formula is C22H26NNa2O7P+2. The second-order valence-electron chi connectivity index (χ2n) is 8.91. The van der Waals surface area contributed by atoms with E-state index in [1.165, 1.54) is 30.5 Å². The number of benzene rings is 1. The van der Waals surface area contributed by atoms with E-state index in [9.17, 15) is 19.6 Å². The van der Waals surface area contributed by atoms with Crippen molar-refractivity contribution in [2.75, 3.05) is 7.11 Å². The first-order chi connectivity index (χ1) is 14.8. The van der Waals surface area contributed by atoms with Gasteiger partial charge in [0.15, 0.2) is 5.60 Å². The predicted octanol–water partition coefficient (Wildman–Crippen LogP) is -1.77. The molecule has 3 aliphatic carbocycles. The third-order valence-corrected chi connectivity index (χ3v) is 7.94. The molecule has 0 aromatic heterocycles. The van der Waals surface area contributed by atoms with Gasteiger partial charge < -0.3 is 9.26 Å². The molecule has 33 heavy (non-hydrogen) atoms. The zero-order chi connectivity index (χ0) is 21.9. The summed E-state index contributed by atoms with van der Waals surface area (Å²) in [4.78, 5) is 30.4. The number of ether oxygens (including phenoxy) is 1. The molecule has 8 nitrogen and oxygen atoms in total. The number of hydrogen-bond acceptors (Lipinski definition) is 6. The first kappa shape index (κ1) is 27.9. The Morgan fingerprint density at radius 3 is 2.55 bits per heavy atom. The summed E-state index contributed by atoms with van der Waals surface area (Å²) in [5.41, 5.74) is 2.89. The fraction of sp³-hybridized carbons (Fsp3) is 0.591. The Balaban J connectivity index is 0.00000153. The Labute approximate surface area is 237 Å². The number of nitriles is 1. The number of fused-ring (bicyclic) bond motifs is 1. The van der Waals surface area contributed by atoms with Crippen molar-refractivity contribution in [1.82, 2.24) is 0 Å². The Hall–Kier alpha value is 0.280. The summed E-state index contributed by atoms with van der Waals surface area (Å²) in [7, 11) is -3.29. The predicted molar refractivity (Wildman–Crippen MR) is 108 cm³/mol. The summed E-state index contributed by atoms with van der Waals surface area (Å²) >= 11 is 0. The van der Waals surface area contributed by atoms with Crippen molar-refractivity contribution in [2.45, 2.75) is 62.8 Å². The molecule has 5 rings (SSSR count). The molecule has 4 aliphatic rings. The van der Waals surface area contributed by atoms with Gasteiger partial charge in [0.2, 0.25) is 0 Å². The SMILES string of the molecule is COC1(c2ccc(C#N)c(OP(=O)(O)O)c2)OOC12C1CCCC2C2=C(CCCC2)C1.[Na+].[Na+]. The van der Waals surface area contributed by atoms with Crippen LogP contribution in [0.2, 0.25) is 0 Å². The van der Waals surface area contributed by atoms with Crippen molar-refractivity contribution in [2.24, 2.45) is 11.8 Å². The minimum Gasteiger partial charge on any atom is -0.403 e. The quantitative estimate of drug-likeness (QED) is 0.219. The summed E-state index contributed by atoms with van der Waals surface area (Å²) in [5.74, 6) is -1.04. The molecule has 1 aliphatic heterocycles. The summed E-state index contributed by atoms with van der Waals surface area (Å²) in [6.45, 7) is 0. The van der Waals surface area contributed by atoms with Gasteiger partial charge in [-0.2, -0.15) is 10.1 Å². The summed E-state index contributed by atoms with van der Waals surface area (Å²) < 4.78 is 22.3. The third kappa shape index (κ3) is 4.37. The van der Waals surface area contributed by atoms with Crippen molar-refractivity contribution < 1.29 is 92.5 Å². The number of phosphoric ester groups is 1. The summed E-state index contributed by atoms with van der Waals surface area (Å²) in [6.07, 6.45) is 8.70. The maximum absolute atomic E-state index is 11.5. The van der Waals surface area contributed by atoms with E-state index in [1.807, 2.05) is 6.07 Å². The Kier molecular flexibility index (Phi) is 8.73. The van der Waals surface area contributed by atoms with E-state index in [2.05, 4.69) is 0 Å². The van der Waals surface area contributed by atoms with Gasteiger partial charge in [0, 0.05) is 24.5 Å². The molecule has 1 saturated heterocycles. The second kappa shape index (κ2) is 10.3. The minimum atomic E-state index is -4.85. The first-order valence-corrected chi connectivity index (χ1v) is 12.3. The molecule has 1 spiro atoms. The first-order valence-electron chi connectivity index (χ1n) is 10.8. The molecule has 1 aromatic carbocycles. The van der Waals surface area contributed by atoms with Crippen LogP contribution in [0, 0.1) is 23.2 Å². The van der Waals surface area contributed by atoms with Crippen LogP contribution in [-0.4, -0.2) is 22.5 Å². The van der Waals surface area contributed by atoms with Crippen LogP contribution in [0.4, 0.5) is 0 Å². The van der Waals surface area contributed by atoms with Gasteiger partial charge in [-0.15, -0.1) is 0 Å². The van der Waals surface area contributed by atoms with Crippen LogP contribution >= 0.6 is 7.82 Å². The van der Waals surface area contributed by atoms with Gasteiger partial charge in [0.1, 0.15) is 11.8 Å². The van der Waals surface area contributed by atoms with Crippen LogP contribution in [0.5, 0.6) is 5.75 Å². The number of phosphoric acid groups is 1. The largest absolute Gasteiger partial charge is 1.00 e. The Morgan fingerprint density at radius 2 is 1.91 bits per heavy atom. The second-order valence-corrected chi connectivity index (χ2v) is 10.1. The summed E-state index contributed by atoms with van der Waals surface area (Å²) in [5, 5.41) is 9.36. The molecule has 1 aromatic rings. The number of nitrogens with zero attached hydrogens (tertiary/aromatic N) is 1. The molecule has 4 atom stereocenters. The van der Waals surface area contributed by atoms with E-state index in [1.54, 1.807) is 18.7 Å². The van der Waals surface area contributed by atoms with Crippen LogP contribution in [0.1, 0.15) is 62.5 Å². The van der Waals surface area contributed by atoms with Crippen LogP contribution in [-0.2, 0) is 24.9 Å². The van der Waals surface area contributed by atoms with E-state index in [0.717, 1.165) is 38.5 Å². The fourth-order valence-corrected chi connectivity index (χ4v) is 6.76. The number of hydrogen-bond donors (Lipinski definition) is 2. The maximum atomic E-state index is 11.5. The van der Waals surface area contributed by atoms with Gasteiger partial charge in [0.05, 0.1) is 5.56 Å². The van der Waals surface area contributed by atoms with E-state index in [4.69, 9.17) is 19.0 Å². The molecule has 2 fully saturated rings. The van der Waals surface area contributed by atoms with Crippen LogP contribution in [0.25, 0.3) is 0 Å². The molecule has 4 unspecified atom stereocenters. The molecule has 0 radical (unpaired) electrons. The van der Waals surface area contributed by atoms with Crippen molar-refractivity contribution in [1.29, 1.82) is 5.26 Å².